The first kappa shape index (κ1) is 24.1. The zero-order chi connectivity index (χ0) is 27.4. The number of nitrogens with zero attached hydrogens (tertiary/aromatic N) is 2. The summed E-state index contributed by atoms with van der Waals surface area (Å²) >= 11 is 6.83. The van der Waals surface area contributed by atoms with Crippen LogP contribution in [0.4, 0.5) is 0 Å². The Kier molecular flexibility index (Phi) is 5.62. The molecule has 0 aliphatic carbocycles. The summed E-state index contributed by atoms with van der Waals surface area (Å²) in [6, 6.07) is 32.1. The Morgan fingerprint density at radius 3 is 2.12 bits per heavy atom. The quantitative estimate of drug-likeness (QED) is 0.206. The van der Waals surface area contributed by atoms with Crippen molar-refractivity contribution in [3.63, 3.8) is 0 Å². The fourth-order valence-electron chi connectivity index (χ4n) is 5.80. The molecule has 0 unspecified atom stereocenters. The maximum Gasteiger partial charge on any atom is 0.264 e. The predicted octanol–water partition coefficient (Wildman–Crippen LogP) is 9.33. The van der Waals surface area contributed by atoms with Gasteiger partial charge in [-0.25, -0.2) is 4.98 Å². The number of hydrogen-bond donors (Lipinski definition) is 0. The molecule has 7 rings (SSSR count). The van der Waals surface area contributed by atoms with Gasteiger partial charge in [0, 0.05) is 32.1 Å². The normalized spacial score (nSPS) is 12.1. The summed E-state index contributed by atoms with van der Waals surface area (Å²) in [6.07, 6.45) is 5.48. The van der Waals surface area contributed by atoms with Gasteiger partial charge >= 0.3 is 0 Å². The zero-order valence-corrected chi connectivity index (χ0v) is 22.3. The van der Waals surface area contributed by atoms with E-state index in [-0.39, 0.29) is 5.56 Å². The Morgan fingerprint density at radius 2 is 1.45 bits per heavy atom. The smallest absolute Gasteiger partial charge is 0.264 e. The third kappa shape index (κ3) is 3.52. The molecule has 0 atom stereocenters. The number of halogens is 1. The third-order valence-corrected chi connectivity index (χ3v) is 7.87. The number of hydrogen-bond acceptors (Lipinski definition) is 2. The molecule has 0 saturated heterocycles. The third-order valence-electron chi connectivity index (χ3n) is 7.56. The Hall–Kier alpha value is -4.99. The Labute approximate surface area is 236 Å². The first-order valence-corrected chi connectivity index (χ1v) is 13.4. The van der Waals surface area contributed by atoms with Crippen LogP contribution in [0.25, 0.3) is 66.1 Å². The summed E-state index contributed by atoms with van der Waals surface area (Å²) in [6.45, 7) is 7.86. The topological polar surface area (TPSA) is 34.4 Å². The zero-order valence-electron chi connectivity index (χ0n) is 21.6. The van der Waals surface area contributed by atoms with Gasteiger partial charge in [-0.3, -0.25) is 9.20 Å². The lowest BCUT2D eigenvalue weighted by Crippen LogP contribution is -2.14. The number of aromatic nitrogens is 2. The monoisotopic (exact) mass is 534 g/mol. The summed E-state index contributed by atoms with van der Waals surface area (Å²) in [5, 5.41) is 3.80. The molecule has 0 fully saturated rings. The molecule has 0 amide bonds. The molecule has 2 aromatic heterocycles. The number of imidazole rings is 1. The number of fused-ring (bicyclic) bond motifs is 4. The van der Waals surface area contributed by atoms with Crippen LogP contribution in [0.5, 0.6) is 0 Å². The highest BCUT2D eigenvalue weighted by molar-refractivity contribution is 6.39. The lowest BCUT2D eigenvalue weighted by Gasteiger charge is -2.14. The molecule has 3 nitrogen and oxygen atoms in total. The molecule has 0 radical (unpaired) electrons. The summed E-state index contributed by atoms with van der Waals surface area (Å²) in [4.78, 5) is 19.4. The van der Waals surface area contributed by atoms with E-state index < -0.39 is 0 Å². The molecule has 2 heterocycles. The van der Waals surface area contributed by atoms with Crippen molar-refractivity contribution in [2.24, 2.45) is 0 Å². The van der Waals surface area contributed by atoms with E-state index in [1.807, 2.05) is 66.7 Å². The van der Waals surface area contributed by atoms with Crippen LogP contribution in [-0.4, -0.2) is 9.38 Å². The molecule has 0 aliphatic heterocycles. The minimum atomic E-state index is -0.118. The molecular formula is C36H23ClN2O. The van der Waals surface area contributed by atoms with Gasteiger partial charge in [0.2, 0.25) is 0 Å². The maximum atomic E-state index is 14.3. The lowest BCUT2D eigenvalue weighted by molar-refractivity contribution is 1.19. The van der Waals surface area contributed by atoms with Crippen LogP contribution in [0, 0.1) is 0 Å². The van der Waals surface area contributed by atoms with Crippen LogP contribution in [0.15, 0.2) is 133 Å². The van der Waals surface area contributed by atoms with Gasteiger partial charge in [-0.2, -0.15) is 0 Å². The van der Waals surface area contributed by atoms with Gasteiger partial charge in [0.05, 0.1) is 11.0 Å². The van der Waals surface area contributed by atoms with Gasteiger partial charge in [-0.1, -0.05) is 110 Å². The Bertz CT molecular complexity index is 2210. The lowest BCUT2D eigenvalue weighted by atomic mass is 9.94. The molecule has 40 heavy (non-hydrogen) atoms. The van der Waals surface area contributed by atoms with E-state index >= 15 is 0 Å². The standard InChI is InChI=1S/C36H23ClN2O/c1-3-11-22(4-2)25-20-29(24-14-9-6-10-15-24)34-31(21-25)38-35-27-17-16-26(23-12-7-5-8-13-23)33-30(37)19-18-28(32(27)33)36(40)39(34)35/h3-21H,1-2H2/b22-11+. The van der Waals surface area contributed by atoms with Crippen molar-refractivity contribution in [2.75, 3.05) is 0 Å². The van der Waals surface area contributed by atoms with E-state index in [9.17, 15) is 4.79 Å². The molecule has 0 N–H and O–H groups in total. The van der Waals surface area contributed by atoms with Gasteiger partial charge in [0.1, 0.15) is 5.65 Å². The van der Waals surface area contributed by atoms with Gasteiger partial charge in [0.15, 0.2) is 0 Å². The number of rotatable bonds is 5. The van der Waals surface area contributed by atoms with Crippen LogP contribution in [0.2, 0.25) is 5.02 Å². The van der Waals surface area contributed by atoms with Crippen molar-refractivity contribution in [1.82, 2.24) is 9.38 Å². The molecule has 0 saturated carbocycles. The molecular weight excluding hydrogens is 512 g/mol. The van der Waals surface area contributed by atoms with E-state index in [4.69, 9.17) is 16.6 Å². The summed E-state index contributed by atoms with van der Waals surface area (Å²) in [7, 11) is 0. The average Bonchev–Trinajstić information content (AvgIpc) is 3.39. The van der Waals surface area contributed by atoms with Crippen LogP contribution in [0.3, 0.4) is 0 Å². The fraction of sp³-hybridized carbons (Fsp3) is 0. The summed E-state index contributed by atoms with van der Waals surface area (Å²) in [5.41, 5.74) is 7.83. The van der Waals surface area contributed by atoms with E-state index in [2.05, 4.69) is 55.6 Å². The molecule has 0 aliphatic rings. The first-order valence-electron chi connectivity index (χ1n) is 13.0. The highest BCUT2D eigenvalue weighted by Gasteiger charge is 2.22. The highest BCUT2D eigenvalue weighted by Crippen LogP contribution is 2.41. The molecule has 5 aromatic carbocycles. The van der Waals surface area contributed by atoms with Crippen LogP contribution < -0.4 is 5.56 Å². The number of allylic oxidation sites excluding steroid dienone is 4. The van der Waals surface area contributed by atoms with Crippen LogP contribution in [-0.2, 0) is 0 Å². The number of pyridine rings is 1. The Morgan fingerprint density at radius 1 is 0.775 bits per heavy atom. The molecule has 7 aromatic rings. The van der Waals surface area contributed by atoms with Crippen molar-refractivity contribution in [3.05, 3.63) is 149 Å². The van der Waals surface area contributed by atoms with Crippen molar-refractivity contribution in [1.29, 1.82) is 0 Å². The van der Waals surface area contributed by atoms with Crippen molar-refractivity contribution < 1.29 is 0 Å². The predicted molar refractivity (Wildman–Crippen MR) is 169 cm³/mol. The van der Waals surface area contributed by atoms with Gasteiger partial charge in [-0.15, -0.1) is 0 Å². The van der Waals surface area contributed by atoms with Crippen molar-refractivity contribution in [2.45, 2.75) is 0 Å². The summed E-state index contributed by atoms with van der Waals surface area (Å²) < 4.78 is 1.76. The van der Waals surface area contributed by atoms with Gasteiger partial charge in [0.25, 0.3) is 5.56 Å². The van der Waals surface area contributed by atoms with Crippen LogP contribution >= 0.6 is 11.6 Å². The van der Waals surface area contributed by atoms with Gasteiger partial charge in [-0.05, 0) is 58.2 Å². The second-order valence-corrected chi connectivity index (χ2v) is 10.2. The molecule has 4 heteroatoms. The largest absolute Gasteiger partial charge is 0.268 e. The van der Waals surface area contributed by atoms with E-state index in [0.717, 1.165) is 60.6 Å². The van der Waals surface area contributed by atoms with E-state index in [1.54, 1.807) is 10.5 Å². The van der Waals surface area contributed by atoms with E-state index in [1.165, 1.54) is 0 Å². The number of benzene rings is 5. The second-order valence-electron chi connectivity index (χ2n) is 9.77. The van der Waals surface area contributed by atoms with E-state index in [0.29, 0.717) is 16.1 Å². The molecule has 0 spiro atoms. The maximum absolute atomic E-state index is 14.3. The van der Waals surface area contributed by atoms with Crippen molar-refractivity contribution in [3.8, 4) is 22.3 Å². The minimum absolute atomic E-state index is 0.118. The van der Waals surface area contributed by atoms with Gasteiger partial charge < -0.3 is 0 Å². The average molecular weight is 535 g/mol. The fourth-order valence-corrected chi connectivity index (χ4v) is 6.06. The first-order chi connectivity index (χ1) is 19.6. The van der Waals surface area contributed by atoms with Crippen LogP contribution in [0.1, 0.15) is 5.56 Å². The van der Waals surface area contributed by atoms with Crippen molar-refractivity contribution >= 4 is 55.4 Å². The summed E-state index contributed by atoms with van der Waals surface area (Å²) in [5.74, 6) is 0. The molecule has 190 valence electrons. The highest BCUT2D eigenvalue weighted by atomic mass is 35.5. The SMILES string of the molecule is C=C/C=C(\C=C)c1cc(-c2ccccc2)c2c(c1)nc1c3ccc(-c4ccccc4)c4c(Cl)ccc(c(=O)n12)c43. The Balaban J connectivity index is 1.68. The minimum Gasteiger partial charge on any atom is -0.268 e. The molecule has 0 bridgehead atoms. The second kappa shape index (κ2) is 9.33.